The van der Waals surface area contributed by atoms with E-state index in [0.29, 0.717) is 19.5 Å². The Labute approximate surface area is 244 Å². The SMILES string of the molecule is CCCCCCCCN(C(=O)C(NC(=O)OC(C)(C)C)C(C)CC)C(C(=O)NCCCCC)c1ccc(C)cc1. The Balaban J connectivity index is 3.40. The number of aryl methyl sites for hydroxylation is 1. The summed E-state index contributed by atoms with van der Waals surface area (Å²) in [5.41, 5.74) is 1.18. The maximum absolute atomic E-state index is 14.3. The molecular weight excluding hydrogens is 502 g/mol. The lowest BCUT2D eigenvalue weighted by Gasteiger charge is -2.36. The van der Waals surface area contributed by atoms with Crippen LogP contribution in [0.5, 0.6) is 0 Å². The van der Waals surface area contributed by atoms with Gasteiger partial charge in [0.25, 0.3) is 0 Å². The van der Waals surface area contributed by atoms with Gasteiger partial charge < -0.3 is 20.3 Å². The number of benzene rings is 1. The van der Waals surface area contributed by atoms with E-state index in [0.717, 1.165) is 49.7 Å². The van der Waals surface area contributed by atoms with Crippen molar-refractivity contribution in [3.8, 4) is 0 Å². The Morgan fingerprint density at radius 1 is 0.875 bits per heavy atom. The number of hydrogen-bond donors (Lipinski definition) is 2. The van der Waals surface area contributed by atoms with Gasteiger partial charge in [-0.25, -0.2) is 4.79 Å². The molecule has 0 saturated heterocycles. The third-order valence-corrected chi connectivity index (χ3v) is 7.22. The zero-order chi connectivity index (χ0) is 30.1. The van der Waals surface area contributed by atoms with Crippen LogP contribution in [-0.2, 0) is 14.3 Å². The maximum Gasteiger partial charge on any atom is 0.408 e. The van der Waals surface area contributed by atoms with Crippen LogP contribution in [0, 0.1) is 12.8 Å². The fourth-order valence-electron chi connectivity index (χ4n) is 4.63. The molecule has 3 unspecified atom stereocenters. The molecule has 0 fully saturated rings. The van der Waals surface area contributed by atoms with Crippen molar-refractivity contribution < 1.29 is 19.1 Å². The number of amides is 3. The molecule has 0 radical (unpaired) electrons. The zero-order valence-corrected chi connectivity index (χ0v) is 26.6. The molecule has 1 rings (SSSR count). The number of alkyl carbamates (subject to hydrolysis) is 1. The van der Waals surface area contributed by atoms with Crippen molar-refractivity contribution in [1.29, 1.82) is 0 Å². The number of rotatable bonds is 18. The van der Waals surface area contributed by atoms with Crippen LogP contribution in [0.4, 0.5) is 4.79 Å². The van der Waals surface area contributed by atoms with E-state index in [1.54, 1.807) is 25.7 Å². The highest BCUT2D eigenvalue weighted by atomic mass is 16.6. The predicted octanol–water partition coefficient (Wildman–Crippen LogP) is 7.47. The Morgan fingerprint density at radius 2 is 1.45 bits per heavy atom. The van der Waals surface area contributed by atoms with Crippen LogP contribution in [0.2, 0.25) is 0 Å². The van der Waals surface area contributed by atoms with E-state index in [-0.39, 0.29) is 17.7 Å². The van der Waals surface area contributed by atoms with E-state index in [4.69, 9.17) is 4.74 Å². The van der Waals surface area contributed by atoms with Crippen LogP contribution in [0.15, 0.2) is 24.3 Å². The molecule has 0 aliphatic carbocycles. The number of unbranched alkanes of at least 4 members (excludes halogenated alkanes) is 7. The second-order valence-electron chi connectivity index (χ2n) is 12.1. The molecule has 0 aliphatic heterocycles. The van der Waals surface area contributed by atoms with E-state index < -0.39 is 23.8 Å². The number of hydrogen-bond acceptors (Lipinski definition) is 4. The fourth-order valence-corrected chi connectivity index (χ4v) is 4.63. The minimum absolute atomic E-state index is 0.140. The van der Waals surface area contributed by atoms with Gasteiger partial charge in [0.2, 0.25) is 11.8 Å². The molecule has 0 aromatic heterocycles. The molecule has 7 heteroatoms. The number of ether oxygens (including phenoxy) is 1. The van der Waals surface area contributed by atoms with Gasteiger partial charge in [0.05, 0.1) is 0 Å². The van der Waals surface area contributed by atoms with Gasteiger partial charge in [0.15, 0.2) is 0 Å². The normalized spacial score (nSPS) is 13.7. The van der Waals surface area contributed by atoms with Crippen molar-refractivity contribution in [3.63, 3.8) is 0 Å². The third kappa shape index (κ3) is 13.2. The molecule has 2 N–H and O–H groups in total. The van der Waals surface area contributed by atoms with Gasteiger partial charge in [-0.15, -0.1) is 0 Å². The van der Waals surface area contributed by atoms with Gasteiger partial charge in [0.1, 0.15) is 17.7 Å². The van der Waals surface area contributed by atoms with E-state index in [9.17, 15) is 14.4 Å². The summed E-state index contributed by atoms with van der Waals surface area (Å²) >= 11 is 0. The van der Waals surface area contributed by atoms with Crippen molar-refractivity contribution in [2.45, 2.75) is 137 Å². The summed E-state index contributed by atoms with van der Waals surface area (Å²) in [5, 5.41) is 5.95. The first-order valence-corrected chi connectivity index (χ1v) is 15.6. The van der Waals surface area contributed by atoms with Crippen molar-refractivity contribution in [2.75, 3.05) is 13.1 Å². The largest absolute Gasteiger partial charge is 0.444 e. The molecule has 0 heterocycles. The second-order valence-corrected chi connectivity index (χ2v) is 12.1. The number of carbonyl (C=O) groups is 3. The summed E-state index contributed by atoms with van der Waals surface area (Å²) in [6.07, 6.45) is 9.46. The molecule has 1 aromatic rings. The fraction of sp³-hybridized carbons (Fsp3) is 0.727. The standard InChI is InChI=1S/C33H57N3O4/c1-9-12-14-15-16-18-24-36(31(38)28(26(5)11-3)35-32(39)40-33(6,7)8)29(27-21-19-25(4)20-22-27)30(37)34-23-17-13-10-2/h19-22,26,28-29H,9-18,23-24H2,1-8H3,(H,34,37)(H,35,39). The summed E-state index contributed by atoms with van der Waals surface area (Å²) in [6, 6.07) is 6.24. The van der Waals surface area contributed by atoms with E-state index in [1.807, 2.05) is 45.0 Å². The van der Waals surface area contributed by atoms with E-state index >= 15 is 0 Å². The molecule has 1 aromatic carbocycles. The molecule has 3 amide bonds. The Morgan fingerprint density at radius 3 is 2.02 bits per heavy atom. The second kappa shape index (κ2) is 18.7. The van der Waals surface area contributed by atoms with Crippen LogP contribution in [0.3, 0.4) is 0 Å². The maximum atomic E-state index is 14.3. The molecule has 7 nitrogen and oxygen atoms in total. The molecular formula is C33H57N3O4. The average Bonchev–Trinajstić information content (AvgIpc) is 2.90. The minimum atomic E-state index is -0.805. The average molecular weight is 560 g/mol. The first kappa shape index (κ1) is 35.5. The molecule has 228 valence electrons. The van der Waals surface area contributed by atoms with Crippen LogP contribution < -0.4 is 10.6 Å². The van der Waals surface area contributed by atoms with Crippen molar-refractivity contribution in [2.24, 2.45) is 5.92 Å². The summed E-state index contributed by atoms with van der Waals surface area (Å²) in [5.74, 6) is -0.569. The quantitative estimate of drug-likeness (QED) is 0.183. The lowest BCUT2D eigenvalue weighted by atomic mass is 9.95. The van der Waals surface area contributed by atoms with Crippen molar-refractivity contribution in [1.82, 2.24) is 15.5 Å². The van der Waals surface area contributed by atoms with Crippen molar-refractivity contribution in [3.05, 3.63) is 35.4 Å². The highest BCUT2D eigenvalue weighted by Crippen LogP contribution is 2.26. The monoisotopic (exact) mass is 559 g/mol. The summed E-state index contributed by atoms with van der Waals surface area (Å²) in [7, 11) is 0. The molecule has 3 atom stereocenters. The first-order valence-electron chi connectivity index (χ1n) is 15.6. The predicted molar refractivity (Wildman–Crippen MR) is 164 cm³/mol. The van der Waals surface area contributed by atoms with Crippen molar-refractivity contribution >= 4 is 17.9 Å². The van der Waals surface area contributed by atoms with Gasteiger partial charge in [-0.2, -0.15) is 0 Å². The Bertz CT molecular complexity index is 879. The third-order valence-electron chi connectivity index (χ3n) is 7.22. The molecule has 0 saturated carbocycles. The van der Waals surface area contributed by atoms with Crippen LogP contribution in [-0.4, -0.2) is 47.5 Å². The molecule has 0 bridgehead atoms. The Hall–Kier alpha value is -2.57. The Kier molecular flexibility index (Phi) is 16.6. The summed E-state index contributed by atoms with van der Waals surface area (Å²) in [6.45, 7) is 16.7. The topological polar surface area (TPSA) is 87.7 Å². The minimum Gasteiger partial charge on any atom is -0.444 e. The smallest absolute Gasteiger partial charge is 0.408 e. The van der Waals surface area contributed by atoms with Gasteiger partial charge in [-0.3, -0.25) is 9.59 Å². The molecule has 0 aliphatic rings. The zero-order valence-electron chi connectivity index (χ0n) is 26.6. The lowest BCUT2D eigenvalue weighted by Crippen LogP contribution is -2.55. The van der Waals surface area contributed by atoms with Gasteiger partial charge in [-0.05, 0) is 52.0 Å². The van der Waals surface area contributed by atoms with E-state index in [1.165, 1.54) is 19.3 Å². The number of nitrogens with zero attached hydrogens (tertiary/aromatic N) is 1. The van der Waals surface area contributed by atoms with E-state index in [2.05, 4.69) is 24.5 Å². The number of carbonyl (C=O) groups excluding carboxylic acids is 3. The number of nitrogens with one attached hydrogen (secondary N) is 2. The highest BCUT2D eigenvalue weighted by molar-refractivity contribution is 5.92. The van der Waals surface area contributed by atoms with Crippen LogP contribution in [0.25, 0.3) is 0 Å². The van der Waals surface area contributed by atoms with Gasteiger partial charge in [0, 0.05) is 13.1 Å². The summed E-state index contributed by atoms with van der Waals surface area (Å²) in [4.78, 5) is 42.6. The molecule has 40 heavy (non-hydrogen) atoms. The lowest BCUT2D eigenvalue weighted by molar-refractivity contribution is -0.143. The highest BCUT2D eigenvalue weighted by Gasteiger charge is 2.37. The van der Waals surface area contributed by atoms with Crippen LogP contribution in [0.1, 0.15) is 130 Å². The van der Waals surface area contributed by atoms with Crippen LogP contribution >= 0.6 is 0 Å². The first-order chi connectivity index (χ1) is 18.9. The molecule has 0 spiro atoms. The van der Waals surface area contributed by atoms with Gasteiger partial charge in [-0.1, -0.05) is 109 Å². The van der Waals surface area contributed by atoms with Gasteiger partial charge >= 0.3 is 6.09 Å². The summed E-state index contributed by atoms with van der Waals surface area (Å²) < 4.78 is 5.51.